The van der Waals surface area contributed by atoms with E-state index in [0.717, 1.165) is 11.1 Å². The van der Waals surface area contributed by atoms with Crippen molar-refractivity contribution in [3.63, 3.8) is 0 Å². The van der Waals surface area contributed by atoms with Gasteiger partial charge in [0.1, 0.15) is 9.84 Å². The largest absolute Gasteiger partial charge is 0.395 e. The van der Waals surface area contributed by atoms with Crippen LogP contribution in [-0.2, 0) is 15.3 Å². The van der Waals surface area contributed by atoms with Crippen LogP contribution in [0.4, 0.5) is 0 Å². The molecule has 0 aliphatic heterocycles. The van der Waals surface area contributed by atoms with Crippen LogP contribution in [0.5, 0.6) is 0 Å². The average molecular weight is 271 g/mol. The van der Waals surface area contributed by atoms with Gasteiger partial charge < -0.3 is 10.8 Å². The number of nitrogens with two attached hydrogens (primary N) is 1. The van der Waals surface area contributed by atoms with Crippen LogP contribution in [-0.4, -0.2) is 38.7 Å². The number of hydrogen-bond donors (Lipinski definition) is 2. The summed E-state index contributed by atoms with van der Waals surface area (Å²) >= 11 is 0. The minimum Gasteiger partial charge on any atom is -0.395 e. The summed E-state index contributed by atoms with van der Waals surface area (Å²) < 4.78 is 22.6. The fraction of sp³-hybridized carbons (Fsp3) is 0.538. The molecular formula is C13H21NO3S. The van der Waals surface area contributed by atoms with E-state index in [1.165, 1.54) is 6.26 Å². The molecule has 1 rings (SSSR count). The van der Waals surface area contributed by atoms with Crippen LogP contribution in [0, 0.1) is 6.92 Å². The molecule has 0 fully saturated rings. The van der Waals surface area contributed by atoms with Gasteiger partial charge in [-0.1, -0.05) is 29.8 Å². The molecule has 18 heavy (non-hydrogen) atoms. The molecule has 1 aromatic carbocycles. The third kappa shape index (κ3) is 3.80. The third-order valence-electron chi connectivity index (χ3n) is 3.28. The Morgan fingerprint density at radius 3 is 2.50 bits per heavy atom. The summed E-state index contributed by atoms with van der Waals surface area (Å²) in [5.41, 5.74) is 7.07. The molecule has 1 atom stereocenters. The fourth-order valence-electron chi connectivity index (χ4n) is 1.95. The minimum atomic E-state index is -3.06. The molecule has 0 saturated carbocycles. The molecule has 0 aliphatic carbocycles. The third-order valence-corrected chi connectivity index (χ3v) is 4.22. The zero-order chi connectivity index (χ0) is 13.8. The van der Waals surface area contributed by atoms with Gasteiger partial charge in [0.25, 0.3) is 0 Å². The zero-order valence-electron chi connectivity index (χ0n) is 10.9. The molecule has 0 saturated heterocycles. The van der Waals surface area contributed by atoms with Gasteiger partial charge in [-0.2, -0.15) is 0 Å². The Bertz CT molecular complexity index is 493. The summed E-state index contributed by atoms with van der Waals surface area (Å²) in [7, 11) is -3.06. The second-order valence-corrected chi connectivity index (χ2v) is 7.15. The first-order chi connectivity index (χ1) is 8.33. The molecule has 0 spiro atoms. The Balaban J connectivity index is 3.07. The van der Waals surface area contributed by atoms with Crippen molar-refractivity contribution in [1.82, 2.24) is 0 Å². The molecule has 1 aromatic rings. The van der Waals surface area contributed by atoms with Crippen molar-refractivity contribution in [3.8, 4) is 0 Å². The first-order valence-electron chi connectivity index (χ1n) is 5.89. The van der Waals surface area contributed by atoms with E-state index < -0.39 is 15.3 Å². The lowest BCUT2D eigenvalue weighted by atomic mass is 9.78. The molecule has 3 N–H and O–H groups in total. The molecule has 0 aliphatic rings. The van der Waals surface area contributed by atoms with E-state index in [1.807, 2.05) is 31.2 Å². The number of sulfone groups is 1. The summed E-state index contributed by atoms with van der Waals surface area (Å²) in [4.78, 5) is 0. The highest BCUT2D eigenvalue weighted by atomic mass is 32.2. The van der Waals surface area contributed by atoms with Crippen molar-refractivity contribution < 1.29 is 13.5 Å². The monoisotopic (exact) mass is 271 g/mol. The van der Waals surface area contributed by atoms with Gasteiger partial charge in [0, 0.05) is 18.2 Å². The highest BCUT2D eigenvalue weighted by Crippen LogP contribution is 2.28. The maximum absolute atomic E-state index is 11.3. The molecule has 0 aromatic heterocycles. The lowest BCUT2D eigenvalue weighted by molar-refractivity contribution is 0.193. The van der Waals surface area contributed by atoms with Gasteiger partial charge in [-0.25, -0.2) is 8.42 Å². The molecule has 0 amide bonds. The van der Waals surface area contributed by atoms with E-state index in [1.54, 1.807) is 0 Å². The first-order valence-corrected chi connectivity index (χ1v) is 7.95. The number of aryl methyl sites for hydroxylation is 1. The lowest BCUT2D eigenvalue weighted by Crippen LogP contribution is -2.40. The van der Waals surface area contributed by atoms with Crippen LogP contribution < -0.4 is 5.73 Å². The summed E-state index contributed by atoms with van der Waals surface area (Å²) in [6.45, 7) is 2.03. The molecule has 4 nitrogen and oxygen atoms in total. The molecule has 0 heterocycles. The van der Waals surface area contributed by atoms with Crippen molar-refractivity contribution in [2.45, 2.75) is 18.8 Å². The molecule has 1 unspecified atom stereocenters. The molecule has 5 heteroatoms. The van der Waals surface area contributed by atoms with Crippen LogP contribution in [0.15, 0.2) is 24.3 Å². The smallest absolute Gasteiger partial charge is 0.147 e. The van der Waals surface area contributed by atoms with E-state index in [0.29, 0.717) is 6.42 Å². The number of rotatable bonds is 6. The number of aliphatic hydroxyl groups is 1. The van der Waals surface area contributed by atoms with Crippen LogP contribution >= 0.6 is 0 Å². The van der Waals surface area contributed by atoms with Gasteiger partial charge in [-0.05, 0) is 18.9 Å². The van der Waals surface area contributed by atoms with E-state index >= 15 is 0 Å². The molecule has 0 bridgehead atoms. The van der Waals surface area contributed by atoms with Crippen molar-refractivity contribution >= 4 is 9.84 Å². The van der Waals surface area contributed by atoms with Crippen LogP contribution in [0.2, 0.25) is 0 Å². The highest BCUT2D eigenvalue weighted by Gasteiger charge is 2.31. The van der Waals surface area contributed by atoms with Gasteiger partial charge in [-0.15, -0.1) is 0 Å². The number of aliphatic hydroxyl groups excluding tert-OH is 1. The second kappa shape index (κ2) is 5.82. The van der Waals surface area contributed by atoms with Crippen LogP contribution in [0.25, 0.3) is 0 Å². The fourth-order valence-corrected chi connectivity index (χ4v) is 2.72. The molecular weight excluding hydrogens is 250 g/mol. The van der Waals surface area contributed by atoms with E-state index in [4.69, 9.17) is 5.73 Å². The molecule has 102 valence electrons. The van der Waals surface area contributed by atoms with E-state index in [9.17, 15) is 13.5 Å². The quantitative estimate of drug-likeness (QED) is 0.795. The summed E-state index contributed by atoms with van der Waals surface area (Å²) in [6, 6.07) is 7.69. The Labute approximate surface area is 109 Å². The minimum absolute atomic E-state index is 0.0265. The van der Waals surface area contributed by atoms with Gasteiger partial charge in [-0.3, -0.25) is 0 Å². The second-order valence-electron chi connectivity index (χ2n) is 4.89. The standard InChI is InChI=1S/C13H21NO3S/c1-11-4-3-5-12(8-11)13(9-14,10-15)6-7-18(2,16)17/h3-5,8,15H,6-7,9-10,14H2,1-2H3. The van der Waals surface area contributed by atoms with E-state index in [2.05, 4.69) is 0 Å². The van der Waals surface area contributed by atoms with Gasteiger partial charge in [0.15, 0.2) is 0 Å². The Morgan fingerprint density at radius 1 is 1.39 bits per heavy atom. The Morgan fingerprint density at radius 2 is 2.06 bits per heavy atom. The van der Waals surface area contributed by atoms with Crippen molar-refractivity contribution in [3.05, 3.63) is 35.4 Å². The van der Waals surface area contributed by atoms with Crippen molar-refractivity contribution in [2.75, 3.05) is 25.2 Å². The van der Waals surface area contributed by atoms with Crippen molar-refractivity contribution in [1.29, 1.82) is 0 Å². The van der Waals surface area contributed by atoms with Crippen LogP contribution in [0.3, 0.4) is 0 Å². The molecule has 0 radical (unpaired) electrons. The first kappa shape index (κ1) is 15.1. The van der Waals surface area contributed by atoms with Gasteiger partial charge in [0.2, 0.25) is 0 Å². The van der Waals surface area contributed by atoms with E-state index in [-0.39, 0.29) is 18.9 Å². The Kier molecular flexibility index (Phi) is 4.90. The summed E-state index contributed by atoms with van der Waals surface area (Å²) in [6.07, 6.45) is 1.53. The zero-order valence-corrected chi connectivity index (χ0v) is 11.7. The topological polar surface area (TPSA) is 80.4 Å². The number of hydrogen-bond acceptors (Lipinski definition) is 4. The summed E-state index contributed by atoms with van der Waals surface area (Å²) in [5, 5.41) is 9.64. The van der Waals surface area contributed by atoms with Crippen LogP contribution in [0.1, 0.15) is 17.5 Å². The average Bonchev–Trinajstić information content (AvgIpc) is 2.30. The van der Waals surface area contributed by atoms with Gasteiger partial charge >= 0.3 is 0 Å². The SMILES string of the molecule is Cc1cccc(C(CN)(CO)CCS(C)(=O)=O)c1. The maximum Gasteiger partial charge on any atom is 0.147 e. The normalized spacial score (nSPS) is 15.3. The number of benzene rings is 1. The van der Waals surface area contributed by atoms with Gasteiger partial charge in [0.05, 0.1) is 12.4 Å². The maximum atomic E-state index is 11.3. The van der Waals surface area contributed by atoms with Crippen molar-refractivity contribution in [2.24, 2.45) is 5.73 Å². The summed E-state index contributed by atoms with van der Waals surface area (Å²) in [5.74, 6) is 0.0265. The highest BCUT2D eigenvalue weighted by molar-refractivity contribution is 7.90. The lowest BCUT2D eigenvalue weighted by Gasteiger charge is -2.31. The Hall–Kier alpha value is -0.910. The predicted octanol–water partition coefficient (Wildman–Crippen LogP) is 0.619. The predicted molar refractivity (Wildman–Crippen MR) is 73.3 cm³/mol.